The molecule has 1 saturated heterocycles. The van der Waals surface area contributed by atoms with Gasteiger partial charge in [-0.05, 0) is 67.4 Å². The number of nitrogens with zero attached hydrogens (tertiary/aromatic N) is 4. The number of pyridine rings is 3. The van der Waals surface area contributed by atoms with E-state index in [1.54, 1.807) is 6.20 Å². The van der Waals surface area contributed by atoms with E-state index < -0.39 is 0 Å². The monoisotopic (exact) mass is 395 g/mol. The molecule has 1 aliphatic heterocycles. The molecule has 0 bridgehead atoms. The summed E-state index contributed by atoms with van der Waals surface area (Å²) in [7, 11) is 0. The van der Waals surface area contributed by atoms with Crippen molar-refractivity contribution in [1.82, 2.24) is 19.9 Å². The van der Waals surface area contributed by atoms with E-state index in [2.05, 4.69) is 56.6 Å². The lowest BCUT2D eigenvalue weighted by Crippen LogP contribution is -2.34. The SMILES string of the molecule is c1ccc(Nc2cccc([C@H]3CCCN(Cc4ccc5ncccc5c4)C3)n2)nc1. The Morgan fingerprint density at radius 2 is 1.83 bits per heavy atom. The molecule has 5 heteroatoms. The molecule has 0 unspecified atom stereocenters. The average Bonchev–Trinajstić information content (AvgIpc) is 2.80. The molecular weight excluding hydrogens is 370 g/mol. The molecule has 0 radical (unpaired) electrons. The largest absolute Gasteiger partial charge is 0.325 e. The highest BCUT2D eigenvalue weighted by Gasteiger charge is 2.22. The highest BCUT2D eigenvalue weighted by atomic mass is 15.1. The molecule has 3 aromatic heterocycles. The third kappa shape index (κ3) is 4.31. The molecule has 30 heavy (non-hydrogen) atoms. The zero-order chi connectivity index (χ0) is 20.2. The number of rotatable bonds is 5. The molecule has 1 aromatic carbocycles. The number of benzene rings is 1. The zero-order valence-electron chi connectivity index (χ0n) is 16.9. The molecule has 1 aliphatic rings. The van der Waals surface area contributed by atoms with Gasteiger partial charge >= 0.3 is 0 Å². The second kappa shape index (κ2) is 8.59. The lowest BCUT2D eigenvalue weighted by Gasteiger charge is -2.32. The van der Waals surface area contributed by atoms with Gasteiger partial charge in [-0.25, -0.2) is 9.97 Å². The first-order valence-corrected chi connectivity index (χ1v) is 10.5. The number of anilines is 2. The number of aromatic nitrogens is 3. The van der Waals surface area contributed by atoms with Crippen molar-refractivity contribution in [2.24, 2.45) is 0 Å². The van der Waals surface area contributed by atoms with Crippen molar-refractivity contribution < 1.29 is 0 Å². The number of fused-ring (bicyclic) bond motifs is 1. The molecule has 0 spiro atoms. The Morgan fingerprint density at radius 3 is 2.77 bits per heavy atom. The average molecular weight is 396 g/mol. The molecule has 0 aliphatic carbocycles. The molecule has 4 aromatic rings. The van der Waals surface area contributed by atoms with E-state index in [1.807, 2.05) is 36.5 Å². The van der Waals surface area contributed by atoms with Crippen LogP contribution in [0.4, 0.5) is 11.6 Å². The summed E-state index contributed by atoms with van der Waals surface area (Å²) in [6.07, 6.45) is 6.01. The summed E-state index contributed by atoms with van der Waals surface area (Å²) >= 11 is 0. The zero-order valence-corrected chi connectivity index (χ0v) is 16.9. The number of hydrogen-bond acceptors (Lipinski definition) is 5. The summed E-state index contributed by atoms with van der Waals surface area (Å²) in [4.78, 5) is 16.2. The van der Waals surface area contributed by atoms with Crippen LogP contribution >= 0.6 is 0 Å². The van der Waals surface area contributed by atoms with Gasteiger partial charge in [-0.15, -0.1) is 0 Å². The quantitative estimate of drug-likeness (QED) is 0.507. The predicted molar refractivity (Wildman–Crippen MR) is 121 cm³/mol. The van der Waals surface area contributed by atoms with E-state index >= 15 is 0 Å². The van der Waals surface area contributed by atoms with Gasteiger partial charge in [0.05, 0.1) is 5.52 Å². The third-order valence-corrected chi connectivity index (χ3v) is 5.69. The fourth-order valence-electron chi connectivity index (χ4n) is 4.24. The van der Waals surface area contributed by atoms with Crippen LogP contribution in [-0.2, 0) is 6.54 Å². The van der Waals surface area contributed by atoms with E-state index in [0.29, 0.717) is 5.92 Å². The lowest BCUT2D eigenvalue weighted by molar-refractivity contribution is 0.198. The van der Waals surface area contributed by atoms with Crippen molar-refractivity contribution in [3.05, 3.63) is 90.4 Å². The Bertz CT molecular complexity index is 1130. The minimum atomic E-state index is 0.450. The molecule has 1 N–H and O–H groups in total. The van der Waals surface area contributed by atoms with Crippen LogP contribution in [0.2, 0.25) is 0 Å². The molecule has 1 fully saturated rings. The van der Waals surface area contributed by atoms with Crippen LogP contribution in [0.25, 0.3) is 10.9 Å². The molecule has 150 valence electrons. The van der Waals surface area contributed by atoms with Gasteiger partial charge in [-0.1, -0.05) is 24.3 Å². The molecule has 4 heterocycles. The normalized spacial score (nSPS) is 17.1. The van der Waals surface area contributed by atoms with Gasteiger partial charge < -0.3 is 5.32 Å². The number of likely N-dealkylation sites (tertiary alicyclic amines) is 1. The Labute approximate surface area is 176 Å². The van der Waals surface area contributed by atoms with Crippen LogP contribution in [0.1, 0.15) is 30.0 Å². The van der Waals surface area contributed by atoms with E-state index in [-0.39, 0.29) is 0 Å². The van der Waals surface area contributed by atoms with Crippen LogP contribution in [0, 0.1) is 0 Å². The van der Waals surface area contributed by atoms with Crippen LogP contribution < -0.4 is 5.32 Å². The summed E-state index contributed by atoms with van der Waals surface area (Å²) in [6, 6.07) is 22.8. The van der Waals surface area contributed by atoms with Crippen LogP contribution in [-0.4, -0.2) is 32.9 Å². The van der Waals surface area contributed by atoms with Gasteiger partial charge in [0.15, 0.2) is 0 Å². The molecule has 5 rings (SSSR count). The predicted octanol–water partition coefficient (Wildman–Crippen LogP) is 5.15. The maximum absolute atomic E-state index is 4.89. The Balaban J connectivity index is 1.28. The van der Waals surface area contributed by atoms with Gasteiger partial charge in [-0.3, -0.25) is 9.88 Å². The van der Waals surface area contributed by atoms with Crippen LogP contribution in [0.3, 0.4) is 0 Å². The molecule has 1 atom stereocenters. The van der Waals surface area contributed by atoms with E-state index in [9.17, 15) is 0 Å². The van der Waals surface area contributed by atoms with Crippen LogP contribution in [0.5, 0.6) is 0 Å². The van der Waals surface area contributed by atoms with Crippen molar-refractivity contribution in [2.45, 2.75) is 25.3 Å². The van der Waals surface area contributed by atoms with Gasteiger partial charge in [0, 0.05) is 42.5 Å². The Kier molecular flexibility index (Phi) is 5.36. The van der Waals surface area contributed by atoms with Gasteiger partial charge in [0.2, 0.25) is 0 Å². The second-order valence-corrected chi connectivity index (χ2v) is 7.89. The van der Waals surface area contributed by atoms with E-state index in [0.717, 1.165) is 42.5 Å². The first-order valence-electron chi connectivity index (χ1n) is 10.5. The van der Waals surface area contributed by atoms with E-state index in [1.165, 1.54) is 23.8 Å². The van der Waals surface area contributed by atoms with Crippen molar-refractivity contribution in [2.75, 3.05) is 18.4 Å². The van der Waals surface area contributed by atoms with Gasteiger partial charge in [0.25, 0.3) is 0 Å². The maximum atomic E-state index is 4.89. The van der Waals surface area contributed by atoms with Crippen molar-refractivity contribution >= 4 is 22.5 Å². The summed E-state index contributed by atoms with van der Waals surface area (Å²) in [6.45, 7) is 3.13. The third-order valence-electron chi connectivity index (χ3n) is 5.69. The van der Waals surface area contributed by atoms with Crippen molar-refractivity contribution in [3.8, 4) is 0 Å². The standard InChI is InChI=1S/C25H25N5/c1-2-13-27-24(9-1)29-25-10-3-8-23(28-25)21-7-5-15-30(18-21)17-19-11-12-22-20(16-19)6-4-14-26-22/h1-4,6,8-14,16,21H,5,7,15,17-18H2,(H,27,28,29)/t21-/m0/s1. The smallest absolute Gasteiger partial charge is 0.131 e. The fraction of sp³-hybridized carbons (Fsp3) is 0.240. The molecule has 0 amide bonds. The lowest BCUT2D eigenvalue weighted by atomic mass is 9.94. The number of nitrogens with one attached hydrogen (secondary N) is 1. The summed E-state index contributed by atoms with van der Waals surface area (Å²) in [5.74, 6) is 2.12. The topological polar surface area (TPSA) is 53.9 Å². The first kappa shape index (κ1) is 18.7. The second-order valence-electron chi connectivity index (χ2n) is 7.89. The van der Waals surface area contributed by atoms with Crippen molar-refractivity contribution in [3.63, 3.8) is 0 Å². The maximum Gasteiger partial charge on any atom is 0.131 e. The summed E-state index contributed by atoms with van der Waals surface area (Å²) in [5.41, 5.74) is 3.55. The highest BCUT2D eigenvalue weighted by Crippen LogP contribution is 2.28. The number of hydrogen-bond donors (Lipinski definition) is 1. The summed E-state index contributed by atoms with van der Waals surface area (Å²) in [5, 5.41) is 4.52. The molecule has 5 nitrogen and oxygen atoms in total. The minimum Gasteiger partial charge on any atom is -0.325 e. The van der Waals surface area contributed by atoms with Gasteiger partial charge in [0.1, 0.15) is 11.6 Å². The Hall–Kier alpha value is -3.31. The van der Waals surface area contributed by atoms with Gasteiger partial charge in [-0.2, -0.15) is 0 Å². The summed E-state index contributed by atoms with van der Waals surface area (Å²) < 4.78 is 0. The van der Waals surface area contributed by atoms with Crippen LogP contribution in [0.15, 0.2) is 79.1 Å². The highest BCUT2D eigenvalue weighted by molar-refractivity contribution is 5.78. The molecular formula is C25H25N5. The first-order chi connectivity index (χ1) is 14.8. The minimum absolute atomic E-state index is 0.450. The van der Waals surface area contributed by atoms with Crippen molar-refractivity contribution in [1.29, 1.82) is 0 Å². The molecule has 0 saturated carbocycles. The fourth-order valence-corrected chi connectivity index (χ4v) is 4.24. The Morgan fingerprint density at radius 1 is 0.900 bits per heavy atom. The van der Waals surface area contributed by atoms with E-state index in [4.69, 9.17) is 4.98 Å². The number of piperidine rings is 1.